The van der Waals surface area contributed by atoms with Gasteiger partial charge in [-0.25, -0.2) is 0 Å². The Bertz CT molecular complexity index is 759. The number of carbonyl (C=O) groups excluding carboxylic acids is 2. The number of rotatable bonds is 7. The fraction of sp³-hybridized carbons (Fsp3) is 0.300. The lowest BCUT2D eigenvalue weighted by Gasteiger charge is -2.09. The quantitative estimate of drug-likeness (QED) is 0.695. The Hall–Kier alpha value is -2.14. The molecule has 0 unspecified atom stereocenters. The summed E-state index contributed by atoms with van der Waals surface area (Å²) in [6.07, 6.45) is 1.80. The van der Waals surface area contributed by atoms with Gasteiger partial charge in [0.1, 0.15) is 0 Å². The molecule has 5 heteroatoms. The second-order valence-electron chi connectivity index (χ2n) is 6.08. The van der Waals surface area contributed by atoms with Gasteiger partial charge in [0.2, 0.25) is 5.91 Å². The van der Waals surface area contributed by atoms with Crippen LogP contribution in [-0.2, 0) is 11.2 Å². The number of hydrogen-bond acceptors (Lipinski definition) is 2. The average molecular weight is 403 g/mol. The third-order valence-electron chi connectivity index (χ3n) is 3.94. The molecule has 0 radical (unpaired) electrons. The maximum Gasteiger partial charge on any atom is 0.251 e. The summed E-state index contributed by atoms with van der Waals surface area (Å²) in [6.45, 7) is 4.77. The molecule has 0 heterocycles. The van der Waals surface area contributed by atoms with E-state index < -0.39 is 0 Å². The highest BCUT2D eigenvalue weighted by molar-refractivity contribution is 9.10. The van der Waals surface area contributed by atoms with Gasteiger partial charge < -0.3 is 10.6 Å². The minimum absolute atomic E-state index is 0.0189. The van der Waals surface area contributed by atoms with E-state index in [1.165, 1.54) is 16.7 Å². The smallest absolute Gasteiger partial charge is 0.251 e. The second-order valence-corrected chi connectivity index (χ2v) is 6.99. The molecule has 0 aromatic heterocycles. The van der Waals surface area contributed by atoms with E-state index in [9.17, 15) is 9.59 Å². The molecule has 0 fully saturated rings. The molecule has 2 rings (SSSR count). The van der Waals surface area contributed by atoms with Gasteiger partial charge in [-0.1, -0.05) is 45.8 Å². The molecule has 4 nitrogen and oxygen atoms in total. The molecule has 0 saturated carbocycles. The van der Waals surface area contributed by atoms with Crippen LogP contribution in [0, 0.1) is 13.8 Å². The van der Waals surface area contributed by atoms with Gasteiger partial charge in [-0.2, -0.15) is 0 Å². The van der Waals surface area contributed by atoms with Crippen LogP contribution in [0.25, 0.3) is 0 Å². The summed E-state index contributed by atoms with van der Waals surface area (Å²) >= 11 is 3.32. The van der Waals surface area contributed by atoms with E-state index in [0.717, 1.165) is 17.3 Å². The van der Waals surface area contributed by atoms with E-state index in [1.807, 2.05) is 6.07 Å². The maximum atomic E-state index is 12.0. The van der Waals surface area contributed by atoms with E-state index in [2.05, 4.69) is 58.6 Å². The van der Waals surface area contributed by atoms with Gasteiger partial charge in [-0.15, -0.1) is 0 Å². The van der Waals surface area contributed by atoms with E-state index in [0.29, 0.717) is 12.1 Å². The van der Waals surface area contributed by atoms with Crippen LogP contribution in [0.3, 0.4) is 0 Å². The van der Waals surface area contributed by atoms with Crippen molar-refractivity contribution < 1.29 is 9.59 Å². The van der Waals surface area contributed by atoms with Crippen LogP contribution in [0.15, 0.2) is 46.9 Å². The summed E-state index contributed by atoms with van der Waals surface area (Å²) in [5.74, 6) is -0.435. The number of benzene rings is 2. The highest BCUT2D eigenvalue weighted by Gasteiger charge is 2.08. The summed E-state index contributed by atoms with van der Waals surface area (Å²) < 4.78 is 0.830. The molecule has 0 aliphatic heterocycles. The zero-order valence-electron chi connectivity index (χ0n) is 14.6. The molecule has 0 aliphatic rings. The summed E-state index contributed by atoms with van der Waals surface area (Å²) in [7, 11) is 0. The molecular formula is C20H23BrN2O2. The van der Waals surface area contributed by atoms with Crippen molar-refractivity contribution in [3.05, 3.63) is 69.2 Å². The van der Waals surface area contributed by atoms with Crippen molar-refractivity contribution in [2.75, 3.05) is 13.1 Å². The van der Waals surface area contributed by atoms with Crippen LogP contribution < -0.4 is 10.6 Å². The highest BCUT2D eigenvalue weighted by atomic mass is 79.9. The van der Waals surface area contributed by atoms with Crippen molar-refractivity contribution in [2.24, 2.45) is 0 Å². The van der Waals surface area contributed by atoms with Crippen LogP contribution in [0.5, 0.6) is 0 Å². The zero-order chi connectivity index (χ0) is 18.2. The van der Waals surface area contributed by atoms with Gasteiger partial charge in [-0.3, -0.25) is 9.59 Å². The van der Waals surface area contributed by atoms with Gasteiger partial charge in [0.25, 0.3) is 5.91 Å². The first-order valence-corrected chi connectivity index (χ1v) is 9.11. The molecule has 0 aliphatic carbocycles. The molecule has 132 valence electrons. The summed E-state index contributed by atoms with van der Waals surface area (Å²) in [6, 6.07) is 13.5. The molecule has 0 atom stereocenters. The van der Waals surface area contributed by atoms with Crippen molar-refractivity contribution in [1.82, 2.24) is 10.6 Å². The SMILES string of the molecule is Cc1ccc(CCCNC(=O)CNC(=O)c2cccc(Br)c2)c(C)c1. The molecule has 2 aromatic carbocycles. The number of carbonyl (C=O) groups is 2. The predicted octanol–water partition coefficient (Wildman–Crippen LogP) is 3.54. The van der Waals surface area contributed by atoms with Crippen LogP contribution in [0.2, 0.25) is 0 Å². The minimum Gasteiger partial charge on any atom is -0.355 e. The van der Waals surface area contributed by atoms with Gasteiger partial charge in [-0.05, 0) is 56.0 Å². The Kier molecular flexibility index (Phi) is 7.19. The van der Waals surface area contributed by atoms with Gasteiger partial charge in [0.05, 0.1) is 6.54 Å². The molecular weight excluding hydrogens is 380 g/mol. The van der Waals surface area contributed by atoms with Crippen LogP contribution in [-0.4, -0.2) is 24.9 Å². The fourth-order valence-corrected chi connectivity index (χ4v) is 2.99. The summed E-state index contributed by atoms with van der Waals surface area (Å²) in [5, 5.41) is 5.47. The topological polar surface area (TPSA) is 58.2 Å². The highest BCUT2D eigenvalue weighted by Crippen LogP contribution is 2.12. The standard InChI is InChI=1S/C20H23BrN2O2/c1-14-8-9-16(15(2)11-14)6-4-10-22-19(24)13-23-20(25)17-5-3-7-18(21)12-17/h3,5,7-9,11-12H,4,6,10,13H2,1-2H3,(H,22,24)(H,23,25). The van der Waals surface area contributed by atoms with Crippen molar-refractivity contribution in [3.8, 4) is 0 Å². The lowest BCUT2D eigenvalue weighted by atomic mass is 10.0. The lowest BCUT2D eigenvalue weighted by molar-refractivity contribution is -0.120. The molecule has 0 spiro atoms. The van der Waals surface area contributed by atoms with E-state index in [4.69, 9.17) is 0 Å². The Labute approximate surface area is 157 Å². The second kappa shape index (κ2) is 9.37. The van der Waals surface area contributed by atoms with Gasteiger partial charge >= 0.3 is 0 Å². The van der Waals surface area contributed by atoms with Crippen molar-refractivity contribution in [3.63, 3.8) is 0 Å². The van der Waals surface area contributed by atoms with Crippen LogP contribution in [0.1, 0.15) is 33.5 Å². The van der Waals surface area contributed by atoms with Crippen molar-refractivity contribution in [1.29, 1.82) is 0 Å². The molecule has 2 aromatic rings. The zero-order valence-corrected chi connectivity index (χ0v) is 16.2. The normalized spacial score (nSPS) is 10.4. The largest absolute Gasteiger partial charge is 0.355 e. The number of halogens is 1. The average Bonchev–Trinajstić information content (AvgIpc) is 2.58. The first kappa shape index (κ1) is 19.2. The van der Waals surface area contributed by atoms with Crippen molar-refractivity contribution in [2.45, 2.75) is 26.7 Å². The van der Waals surface area contributed by atoms with Gasteiger partial charge in [0.15, 0.2) is 0 Å². The first-order chi connectivity index (χ1) is 12.0. The van der Waals surface area contributed by atoms with Crippen molar-refractivity contribution >= 4 is 27.7 Å². The predicted molar refractivity (Wildman–Crippen MR) is 104 cm³/mol. The summed E-state index contributed by atoms with van der Waals surface area (Å²) in [4.78, 5) is 23.8. The van der Waals surface area contributed by atoms with E-state index >= 15 is 0 Å². The molecule has 25 heavy (non-hydrogen) atoms. The Morgan fingerprint density at radius 2 is 1.84 bits per heavy atom. The number of amides is 2. The summed E-state index contributed by atoms with van der Waals surface area (Å²) in [5.41, 5.74) is 4.38. The maximum absolute atomic E-state index is 12.0. The Balaban J connectivity index is 1.68. The monoisotopic (exact) mass is 402 g/mol. The Morgan fingerprint density at radius 1 is 1.04 bits per heavy atom. The lowest BCUT2D eigenvalue weighted by Crippen LogP contribution is -2.37. The van der Waals surface area contributed by atoms with Crippen LogP contribution >= 0.6 is 15.9 Å². The first-order valence-electron chi connectivity index (χ1n) is 8.32. The fourth-order valence-electron chi connectivity index (χ4n) is 2.59. The number of aryl methyl sites for hydroxylation is 3. The van der Waals surface area contributed by atoms with E-state index in [1.54, 1.807) is 18.2 Å². The Morgan fingerprint density at radius 3 is 2.56 bits per heavy atom. The third-order valence-corrected chi connectivity index (χ3v) is 4.43. The molecule has 2 amide bonds. The van der Waals surface area contributed by atoms with Gasteiger partial charge in [0, 0.05) is 16.6 Å². The molecule has 2 N–H and O–H groups in total. The molecule has 0 bridgehead atoms. The number of nitrogens with one attached hydrogen (secondary N) is 2. The minimum atomic E-state index is -0.258. The van der Waals surface area contributed by atoms with Crippen LogP contribution in [0.4, 0.5) is 0 Å². The van der Waals surface area contributed by atoms with E-state index in [-0.39, 0.29) is 18.4 Å². The molecule has 0 saturated heterocycles. The number of hydrogen-bond donors (Lipinski definition) is 2. The third kappa shape index (κ3) is 6.35.